The van der Waals surface area contributed by atoms with Crippen LogP contribution in [0.25, 0.3) is 0 Å². The van der Waals surface area contributed by atoms with Gasteiger partial charge in [0.2, 0.25) is 0 Å². The van der Waals surface area contributed by atoms with Gasteiger partial charge in [-0.25, -0.2) is 0 Å². The maximum atomic E-state index is 5.36. The molecule has 1 aliphatic heterocycles. The van der Waals surface area contributed by atoms with E-state index in [4.69, 9.17) is 4.74 Å². The van der Waals surface area contributed by atoms with Crippen LogP contribution in [0.15, 0.2) is 0 Å². The molecule has 2 fully saturated rings. The molecule has 0 amide bonds. The van der Waals surface area contributed by atoms with E-state index in [1.54, 1.807) is 0 Å². The van der Waals surface area contributed by atoms with Crippen LogP contribution >= 0.6 is 0 Å². The number of hydrogen-bond acceptors (Lipinski definition) is 1. The number of epoxide rings is 1. The van der Waals surface area contributed by atoms with E-state index in [1.807, 2.05) is 0 Å². The third-order valence-corrected chi connectivity index (χ3v) is 2.43. The second-order valence-electron chi connectivity index (χ2n) is 2.88. The first kappa shape index (κ1) is 4.80. The minimum atomic E-state index is 0.694. The Morgan fingerprint density at radius 2 is 2.38 bits per heavy atom. The maximum Gasteiger partial charge on any atom is 0.0869 e. The minimum Gasteiger partial charge on any atom is -0.369 e. The zero-order valence-electron chi connectivity index (χ0n) is 5.26. The molecule has 8 heavy (non-hydrogen) atoms. The molecule has 0 bridgehead atoms. The Hall–Kier alpha value is -0.0400. The summed E-state index contributed by atoms with van der Waals surface area (Å²) in [6, 6.07) is 0. The van der Waals surface area contributed by atoms with Crippen LogP contribution < -0.4 is 0 Å². The molecule has 2 aliphatic rings. The fraction of sp³-hybridized carbons (Fsp3) is 1.00. The van der Waals surface area contributed by atoms with Crippen molar-refractivity contribution >= 4 is 0 Å². The fourth-order valence-corrected chi connectivity index (χ4v) is 1.78. The van der Waals surface area contributed by atoms with Gasteiger partial charge in [0.1, 0.15) is 0 Å². The molecular weight excluding hydrogens is 100 g/mol. The van der Waals surface area contributed by atoms with Crippen molar-refractivity contribution in [2.24, 2.45) is 5.92 Å². The molecule has 1 aliphatic carbocycles. The molecule has 2 rings (SSSR count). The van der Waals surface area contributed by atoms with Gasteiger partial charge in [0, 0.05) is 0 Å². The Labute approximate surface area is 50.0 Å². The predicted octanol–water partition coefficient (Wildman–Crippen LogP) is 1.57. The van der Waals surface area contributed by atoms with E-state index in [1.165, 1.54) is 19.3 Å². The van der Waals surface area contributed by atoms with Gasteiger partial charge in [-0.3, -0.25) is 0 Å². The van der Waals surface area contributed by atoms with Gasteiger partial charge in [0.15, 0.2) is 0 Å². The highest BCUT2D eigenvalue weighted by Crippen LogP contribution is 2.44. The van der Waals surface area contributed by atoms with Crippen LogP contribution in [0.3, 0.4) is 0 Å². The number of fused-ring (bicyclic) bond motifs is 1. The van der Waals surface area contributed by atoms with Crippen molar-refractivity contribution in [3.63, 3.8) is 0 Å². The van der Waals surface area contributed by atoms with Crippen LogP contribution in [0.5, 0.6) is 0 Å². The van der Waals surface area contributed by atoms with E-state index in [9.17, 15) is 0 Å². The van der Waals surface area contributed by atoms with E-state index < -0.39 is 0 Å². The lowest BCUT2D eigenvalue weighted by Gasteiger charge is -2.03. The van der Waals surface area contributed by atoms with Gasteiger partial charge >= 0.3 is 0 Å². The topological polar surface area (TPSA) is 12.5 Å². The van der Waals surface area contributed by atoms with Gasteiger partial charge in [-0.05, 0) is 18.8 Å². The summed E-state index contributed by atoms with van der Waals surface area (Å²) in [5.74, 6) is 0.917. The molecule has 0 radical (unpaired) electrons. The molecule has 0 aromatic rings. The van der Waals surface area contributed by atoms with Gasteiger partial charge in [0.05, 0.1) is 12.2 Å². The highest BCUT2D eigenvalue weighted by Gasteiger charge is 2.48. The van der Waals surface area contributed by atoms with Gasteiger partial charge in [-0.15, -0.1) is 0 Å². The zero-order chi connectivity index (χ0) is 5.56. The Kier molecular flexibility index (Phi) is 0.884. The SMILES string of the molecule is CCC1CCC2OC12. The first-order chi connectivity index (χ1) is 3.92. The van der Waals surface area contributed by atoms with Crippen molar-refractivity contribution in [1.29, 1.82) is 0 Å². The van der Waals surface area contributed by atoms with Crippen LogP contribution in [-0.2, 0) is 4.74 Å². The third kappa shape index (κ3) is 0.510. The van der Waals surface area contributed by atoms with E-state index >= 15 is 0 Å². The Morgan fingerprint density at radius 3 is 2.62 bits per heavy atom. The zero-order valence-corrected chi connectivity index (χ0v) is 5.26. The second-order valence-corrected chi connectivity index (χ2v) is 2.88. The number of ether oxygens (including phenoxy) is 1. The normalized spacial score (nSPS) is 51.4. The summed E-state index contributed by atoms with van der Waals surface area (Å²) in [5.41, 5.74) is 0. The second kappa shape index (κ2) is 1.47. The molecule has 0 spiro atoms. The van der Waals surface area contributed by atoms with Crippen LogP contribution in [-0.4, -0.2) is 12.2 Å². The van der Waals surface area contributed by atoms with E-state index in [0.717, 1.165) is 5.92 Å². The largest absolute Gasteiger partial charge is 0.369 e. The van der Waals surface area contributed by atoms with Gasteiger partial charge in [-0.1, -0.05) is 13.3 Å². The Balaban J connectivity index is 1.97. The van der Waals surface area contributed by atoms with Crippen molar-refractivity contribution in [3.8, 4) is 0 Å². The summed E-state index contributed by atoms with van der Waals surface area (Å²) in [4.78, 5) is 0. The third-order valence-electron chi connectivity index (χ3n) is 2.43. The average Bonchev–Trinajstić information content (AvgIpc) is 2.46. The van der Waals surface area contributed by atoms with Crippen molar-refractivity contribution in [2.75, 3.05) is 0 Å². The van der Waals surface area contributed by atoms with Crippen molar-refractivity contribution in [3.05, 3.63) is 0 Å². The fourth-order valence-electron chi connectivity index (χ4n) is 1.78. The number of hydrogen-bond donors (Lipinski definition) is 0. The van der Waals surface area contributed by atoms with E-state index in [0.29, 0.717) is 12.2 Å². The first-order valence-corrected chi connectivity index (χ1v) is 3.57. The lowest BCUT2D eigenvalue weighted by molar-refractivity contribution is 0.261. The van der Waals surface area contributed by atoms with E-state index in [2.05, 4.69) is 6.92 Å². The molecule has 1 nitrogen and oxygen atoms in total. The van der Waals surface area contributed by atoms with Gasteiger partial charge < -0.3 is 4.74 Å². The summed E-state index contributed by atoms with van der Waals surface area (Å²) >= 11 is 0. The Morgan fingerprint density at radius 1 is 1.50 bits per heavy atom. The van der Waals surface area contributed by atoms with Crippen LogP contribution in [0.2, 0.25) is 0 Å². The minimum absolute atomic E-state index is 0.694. The molecule has 0 aromatic heterocycles. The van der Waals surface area contributed by atoms with Crippen LogP contribution in [0.1, 0.15) is 26.2 Å². The molecule has 0 aromatic carbocycles. The molecule has 1 saturated heterocycles. The van der Waals surface area contributed by atoms with Crippen LogP contribution in [0, 0.1) is 5.92 Å². The number of rotatable bonds is 1. The standard InChI is InChI=1S/C7H12O/c1-2-5-3-4-6-7(5)8-6/h5-7H,2-4H2,1H3. The molecule has 3 atom stereocenters. The maximum absolute atomic E-state index is 5.36. The first-order valence-electron chi connectivity index (χ1n) is 3.57. The molecule has 0 N–H and O–H groups in total. The summed E-state index contributed by atoms with van der Waals surface area (Å²) in [6.45, 7) is 2.26. The molecule has 1 heteroatoms. The van der Waals surface area contributed by atoms with Crippen molar-refractivity contribution in [2.45, 2.75) is 38.4 Å². The molecule has 1 heterocycles. The van der Waals surface area contributed by atoms with Crippen molar-refractivity contribution < 1.29 is 4.74 Å². The highest BCUT2D eigenvalue weighted by molar-refractivity contribution is 4.96. The lowest BCUT2D eigenvalue weighted by atomic mass is 10.1. The van der Waals surface area contributed by atoms with Crippen LogP contribution in [0.4, 0.5) is 0 Å². The van der Waals surface area contributed by atoms with Gasteiger partial charge in [-0.2, -0.15) is 0 Å². The van der Waals surface area contributed by atoms with Gasteiger partial charge in [0.25, 0.3) is 0 Å². The monoisotopic (exact) mass is 112 g/mol. The lowest BCUT2D eigenvalue weighted by Crippen LogP contribution is -2.00. The summed E-state index contributed by atoms with van der Waals surface area (Å²) in [7, 11) is 0. The summed E-state index contributed by atoms with van der Waals surface area (Å²) in [6.07, 6.45) is 5.47. The summed E-state index contributed by atoms with van der Waals surface area (Å²) < 4.78 is 5.36. The summed E-state index contributed by atoms with van der Waals surface area (Å²) in [5, 5.41) is 0. The van der Waals surface area contributed by atoms with E-state index in [-0.39, 0.29) is 0 Å². The molecule has 3 unspecified atom stereocenters. The quantitative estimate of drug-likeness (QED) is 0.469. The Bertz CT molecular complexity index is 101. The van der Waals surface area contributed by atoms with Crippen molar-refractivity contribution in [1.82, 2.24) is 0 Å². The molecular formula is C7H12O. The highest BCUT2D eigenvalue weighted by atomic mass is 16.6. The molecule has 1 saturated carbocycles. The average molecular weight is 112 g/mol. The molecule has 46 valence electrons. The predicted molar refractivity (Wildman–Crippen MR) is 31.7 cm³/mol. The smallest absolute Gasteiger partial charge is 0.0869 e.